The Labute approximate surface area is 120 Å². The average molecular weight is 287 g/mol. The molecule has 0 aromatic heterocycles. The third kappa shape index (κ3) is 3.11. The van der Waals surface area contributed by atoms with Crippen LogP contribution in [0.2, 0.25) is 0 Å². The van der Waals surface area contributed by atoms with E-state index >= 15 is 0 Å². The summed E-state index contributed by atoms with van der Waals surface area (Å²) >= 11 is 0. The van der Waals surface area contributed by atoms with Crippen LogP contribution in [0.15, 0.2) is 36.4 Å². The molecule has 0 heterocycles. The summed E-state index contributed by atoms with van der Waals surface area (Å²) in [5, 5.41) is 30.9. The number of carbonyl (C=O) groups excluding carboxylic acids is 1. The fourth-order valence-electron chi connectivity index (χ4n) is 1.98. The Morgan fingerprint density at radius 1 is 1.00 bits per heavy atom. The Morgan fingerprint density at radius 3 is 2.24 bits per heavy atom. The van der Waals surface area contributed by atoms with Crippen LogP contribution in [0.3, 0.4) is 0 Å². The van der Waals surface area contributed by atoms with E-state index in [2.05, 4.69) is 5.32 Å². The van der Waals surface area contributed by atoms with Gasteiger partial charge in [0.05, 0.1) is 5.56 Å². The molecule has 0 fully saturated rings. The van der Waals surface area contributed by atoms with Gasteiger partial charge in [-0.05, 0) is 24.3 Å². The fraction of sp³-hybridized carbons (Fsp3) is 0.0667. The summed E-state index contributed by atoms with van der Waals surface area (Å²) in [5.41, 5.74) is 0.845. The van der Waals surface area contributed by atoms with Crippen molar-refractivity contribution in [2.45, 2.75) is 6.92 Å². The highest BCUT2D eigenvalue weighted by Crippen LogP contribution is 2.35. The summed E-state index contributed by atoms with van der Waals surface area (Å²) in [7, 11) is 0. The van der Waals surface area contributed by atoms with E-state index in [9.17, 15) is 24.9 Å². The van der Waals surface area contributed by atoms with E-state index in [1.165, 1.54) is 37.3 Å². The number of phenols is 2. The zero-order valence-corrected chi connectivity index (χ0v) is 11.1. The lowest BCUT2D eigenvalue weighted by Gasteiger charge is -2.11. The first-order chi connectivity index (χ1) is 9.88. The van der Waals surface area contributed by atoms with Crippen LogP contribution in [-0.4, -0.2) is 27.2 Å². The van der Waals surface area contributed by atoms with Gasteiger partial charge in [-0.25, -0.2) is 4.79 Å². The van der Waals surface area contributed by atoms with Crippen LogP contribution in [0.5, 0.6) is 11.5 Å². The van der Waals surface area contributed by atoms with Gasteiger partial charge in [0, 0.05) is 29.8 Å². The van der Waals surface area contributed by atoms with Crippen molar-refractivity contribution in [2.75, 3.05) is 5.32 Å². The molecule has 0 aliphatic rings. The topological polar surface area (TPSA) is 107 Å². The predicted octanol–water partition coefficient (Wildman–Crippen LogP) is 2.42. The van der Waals surface area contributed by atoms with Crippen molar-refractivity contribution in [2.24, 2.45) is 0 Å². The lowest BCUT2D eigenvalue weighted by atomic mass is 9.98. The van der Waals surface area contributed by atoms with E-state index in [1.54, 1.807) is 0 Å². The molecule has 2 aromatic carbocycles. The van der Waals surface area contributed by atoms with Gasteiger partial charge in [0.1, 0.15) is 11.5 Å². The minimum absolute atomic E-state index is 0.0674. The molecule has 0 bridgehead atoms. The SMILES string of the molecule is CC(=O)Nc1ccc(-c2ccc(O)cc2O)c(C(=O)O)c1. The van der Waals surface area contributed by atoms with E-state index in [-0.39, 0.29) is 34.1 Å². The molecular formula is C15H13NO5. The maximum atomic E-state index is 11.4. The van der Waals surface area contributed by atoms with Crippen LogP contribution in [0.1, 0.15) is 17.3 Å². The summed E-state index contributed by atoms with van der Waals surface area (Å²) in [6.45, 7) is 1.32. The molecule has 0 spiro atoms. The van der Waals surface area contributed by atoms with E-state index in [4.69, 9.17) is 0 Å². The van der Waals surface area contributed by atoms with Gasteiger partial charge in [-0.2, -0.15) is 0 Å². The lowest BCUT2D eigenvalue weighted by molar-refractivity contribution is -0.114. The van der Waals surface area contributed by atoms with Crippen molar-refractivity contribution in [1.29, 1.82) is 0 Å². The lowest BCUT2D eigenvalue weighted by Crippen LogP contribution is -2.08. The number of aromatic carboxylic acids is 1. The van der Waals surface area contributed by atoms with Crippen molar-refractivity contribution in [3.05, 3.63) is 42.0 Å². The smallest absolute Gasteiger partial charge is 0.336 e. The summed E-state index contributed by atoms with van der Waals surface area (Å²) < 4.78 is 0. The quantitative estimate of drug-likeness (QED) is 0.693. The summed E-state index contributed by atoms with van der Waals surface area (Å²) in [6, 6.07) is 8.23. The van der Waals surface area contributed by atoms with Crippen molar-refractivity contribution in [3.8, 4) is 22.6 Å². The Kier molecular flexibility index (Phi) is 3.80. The Bertz CT molecular complexity index is 724. The molecule has 0 unspecified atom stereocenters. The molecule has 21 heavy (non-hydrogen) atoms. The number of benzene rings is 2. The van der Waals surface area contributed by atoms with Gasteiger partial charge in [0.25, 0.3) is 0 Å². The van der Waals surface area contributed by atoms with Gasteiger partial charge in [0.2, 0.25) is 5.91 Å². The van der Waals surface area contributed by atoms with Crippen molar-refractivity contribution < 1.29 is 24.9 Å². The minimum atomic E-state index is -1.19. The number of carboxylic acid groups (broad SMARTS) is 1. The van der Waals surface area contributed by atoms with Gasteiger partial charge in [-0.3, -0.25) is 4.79 Å². The number of aromatic hydroxyl groups is 2. The van der Waals surface area contributed by atoms with Gasteiger partial charge in [0.15, 0.2) is 0 Å². The molecule has 6 nitrogen and oxygen atoms in total. The molecule has 0 atom stereocenters. The molecule has 2 rings (SSSR count). The minimum Gasteiger partial charge on any atom is -0.508 e. The largest absolute Gasteiger partial charge is 0.508 e. The fourth-order valence-corrected chi connectivity index (χ4v) is 1.98. The van der Waals surface area contributed by atoms with E-state index in [0.29, 0.717) is 5.69 Å². The third-order valence-electron chi connectivity index (χ3n) is 2.84. The number of rotatable bonds is 3. The highest BCUT2D eigenvalue weighted by Gasteiger charge is 2.16. The highest BCUT2D eigenvalue weighted by atomic mass is 16.4. The van der Waals surface area contributed by atoms with E-state index < -0.39 is 5.97 Å². The molecule has 1 amide bonds. The second kappa shape index (κ2) is 5.54. The van der Waals surface area contributed by atoms with E-state index in [1.807, 2.05) is 0 Å². The number of carboxylic acids is 1. The monoisotopic (exact) mass is 287 g/mol. The Morgan fingerprint density at radius 2 is 1.67 bits per heavy atom. The molecule has 0 saturated carbocycles. The number of amides is 1. The summed E-state index contributed by atoms with van der Waals surface area (Å²) in [6.07, 6.45) is 0. The van der Waals surface area contributed by atoms with E-state index in [0.717, 1.165) is 6.07 Å². The summed E-state index contributed by atoms with van der Waals surface area (Å²) in [4.78, 5) is 22.4. The first kappa shape index (κ1) is 14.4. The maximum absolute atomic E-state index is 11.4. The number of phenolic OH excluding ortho intramolecular Hbond substituents is 2. The van der Waals surface area contributed by atoms with Crippen molar-refractivity contribution in [3.63, 3.8) is 0 Å². The first-order valence-electron chi connectivity index (χ1n) is 6.06. The maximum Gasteiger partial charge on any atom is 0.336 e. The number of hydrogen-bond acceptors (Lipinski definition) is 4. The molecule has 0 aliphatic heterocycles. The molecule has 0 saturated heterocycles. The molecule has 0 aliphatic carbocycles. The second-order valence-electron chi connectivity index (χ2n) is 4.45. The zero-order chi connectivity index (χ0) is 15.6. The van der Waals surface area contributed by atoms with Crippen LogP contribution >= 0.6 is 0 Å². The first-order valence-corrected chi connectivity index (χ1v) is 6.06. The molecule has 0 radical (unpaired) electrons. The molecule has 2 aromatic rings. The third-order valence-corrected chi connectivity index (χ3v) is 2.84. The molecular weight excluding hydrogens is 274 g/mol. The molecule has 6 heteroatoms. The van der Waals surface area contributed by atoms with Crippen LogP contribution in [0, 0.1) is 0 Å². The number of hydrogen-bond donors (Lipinski definition) is 4. The number of anilines is 1. The predicted molar refractivity (Wildman–Crippen MR) is 76.5 cm³/mol. The zero-order valence-electron chi connectivity index (χ0n) is 11.1. The van der Waals surface area contributed by atoms with Gasteiger partial charge >= 0.3 is 5.97 Å². The molecule has 108 valence electrons. The summed E-state index contributed by atoms with van der Waals surface area (Å²) in [5.74, 6) is -1.86. The second-order valence-corrected chi connectivity index (χ2v) is 4.45. The van der Waals surface area contributed by atoms with Crippen molar-refractivity contribution in [1.82, 2.24) is 0 Å². The highest BCUT2D eigenvalue weighted by molar-refractivity contribution is 5.99. The standard InChI is InChI=1S/C15H13NO5/c1-8(17)16-9-2-4-11(13(6-9)15(20)21)12-5-3-10(18)7-14(12)19/h2-7,18-19H,1H3,(H,16,17)(H,20,21). The van der Waals surface area contributed by atoms with Crippen molar-refractivity contribution >= 4 is 17.6 Å². The normalized spacial score (nSPS) is 10.1. The van der Waals surface area contributed by atoms with Gasteiger partial charge in [-0.1, -0.05) is 6.07 Å². The van der Waals surface area contributed by atoms with Crippen LogP contribution < -0.4 is 5.32 Å². The van der Waals surface area contributed by atoms with Crippen LogP contribution in [-0.2, 0) is 4.79 Å². The Hall–Kier alpha value is -3.02. The van der Waals surface area contributed by atoms with Gasteiger partial charge in [-0.15, -0.1) is 0 Å². The molecule has 4 N–H and O–H groups in total. The van der Waals surface area contributed by atoms with Crippen LogP contribution in [0.25, 0.3) is 11.1 Å². The average Bonchev–Trinajstić information content (AvgIpc) is 2.38. The Balaban J connectivity index is 2.57. The number of nitrogens with one attached hydrogen (secondary N) is 1. The van der Waals surface area contributed by atoms with Gasteiger partial charge < -0.3 is 20.6 Å². The number of carbonyl (C=O) groups is 2. The van der Waals surface area contributed by atoms with Crippen LogP contribution in [0.4, 0.5) is 5.69 Å².